The lowest BCUT2D eigenvalue weighted by Crippen LogP contribution is -1.86. The van der Waals surface area contributed by atoms with Gasteiger partial charge in [0.25, 0.3) is 0 Å². The summed E-state index contributed by atoms with van der Waals surface area (Å²) in [5.74, 6) is 0. The summed E-state index contributed by atoms with van der Waals surface area (Å²) in [7, 11) is 0. The number of aliphatic hydroxyl groups excluding tert-OH is 1. The molecule has 0 amide bonds. The van der Waals surface area contributed by atoms with E-state index in [0.717, 1.165) is 21.9 Å². The lowest BCUT2D eigenvalue weighted by molar-refractivity contribution is 0.343. The number of fused-ring (bicyclic) bond motifs is 1. The van der Waals surface area contributed by atoms with Crippen molar-refractivity contribution >= 4 is 23.1 Å². The van der Waals surface area contributed by atoms with Crippen molar-refractivity contribution in [3.8, 4) is 0 Å². The largest absolute Gasteiger partial charge is 0.392 e. The molecule has 2 aromatic carbocycles. The molecule has 16 heavy (non-hydrogen) atoms. The van der Waals surface area contributed by atoms with Crippen molar-refractivity contribution in [1.29, 1.82) is 5.41 Å². The summed E-state index contributed by atoms with van der Waals surface area (Å²) in [6, 6.07) is 11.9. The minimum atomic E-state index is 0.0423. The maximum absolute atomic E-state index is 8.78. The van der Waals surface area contributed by atoms with Crippen molar-refractivity contribution in [2.75, 3.05) is 6.61 Å². The van der Waals surface area contributed by atoms with Gasteiger partial charge in [-0.1, -0.05) is 48.6 Å². The van der Waals surface area contributed by atoms with Crippen LogP contribution in [0.25, 0.3) is 16.8 Å². The third-order valence-electron chi connectivity index (χ3n) is 2.55. The Kier molecular flexibility index (Phi) is 3.13. The molecule has 80 valence electrons. The van der Waals surface area contributed by atoms with E-state index >= 15 is 0 Å². The van der Waals surface area contributed by atoms with E-state index in [1.165, 1.54) is 6.21 Å². The Hall–Kier alpha value is -1.93. The minimum Gasteiger partial charge on any atom is -0.392 e. The third kappa shape index (κ3) is 1.88. The van der Waals surface area contributed by atoms with E-state index < -0.39 is 0 Å². The molecular formula is C14H13NO. The van der Waals surface area contributed by atoms with Gasteiger partial charge in [-0.2, -0.15) is 0 Å². The summed E-state index contributed by atoms with van der Waals surface area (Å²) < 4.78 is 0. The fraction of sp³-hybridized carbons (Fsp3) is 0.0714. The summed E-state index contributed by atoms with van der Waals surface area (Å²) in [5.41, 5.74) is 1.98. The molecule has 2 nitrogen and oxygen atoms in total. The topological polar surface area (TPSA) is 44.1 Å². The van der Waals surface area contributed by atoms with E-state index in [1.54, 1.807) is 6.08 Å². The predicted molar refractivity (Wildman–Crippen MR) is 68.0 cm³/mol. The molecule has 2 aromatic rings. The van der Waals surface area contributed by atoms with Gasteiger partial charge in [0.2, 0.25) is 0 Å². The van der Waals surface area contributed by atoms with Crippen molar-refractivity contribution in [2.45, 2.75) is 0 Å². The first-order valence-electron chi connectivity index (χ1n) is 5.16. The van der Waals surface area contributed by atoms with E-state index in [9.17, 15) is 0 Å². The summed E-state index contributed by atoms with van der Waals surface area (Å²) >= 11 is 0. The number of hydrogen-bond acceptors (Lipinski definition) is 2. The Bertz CT molecular complexity index is 543. The van der Waals surface area contributed by atoms with Gasteiger partial charge < -0.3 is 10.5 Å². The van der Waals surface area contributed by atoms with Crippen molar-refractivity contribution in [3.05, 3.63) is 53.6 Å². The Morgan fingerprint density at radius 1 is 1.00 bits per heavy atom. The van der Waals surface area contributed by atoms with Crippen molar-refractivity contribution in [1.82, 2.24) is 0 Å². The molecule has 0 heterocycles. The van der Waals surface area contributed by atoms with Gasteiger partial charge in [0.1, 0.15) is 0 Å². The van der Waals surface area contributed by atoms with Gasteiger partial charge in [-0.15, -0.1) is 0 Å². The first-order chi connectivity index (χ1) is 7.86. The zero-order valence-electron chi connectivity index (χ0n) is 8.85. The van der Waals surface area contributed by atoms with Gasteiger partial charge in [-0.25, -0.2) is 0 Å². The molecule has 0 aliphatic rings. The van der Waals surface area contributed by atoms with Crippen molar-refractivity contribution < 1.29 is 5.11 Å². The van der Waals surface area contributed by atoms with E-state index in [0.29, 0.717) is 0 Å². The Balaban J connectivity index is 2.69. The molecule has 0 bridgehead atoms. The van der Waals surface area contributed by atoms with Crippen molar-refractivity contribution in [3.63, 3.8) is 0 Å². The Morgan fingerprint density at radius 3 is 2.25 bits per heavy atom. The first-order valence-corrected chi connectivity index (χ1v) is 5.16. The molecule has 0 saturated heterocycles. The quantitative estimate of drug-likeness (QED) is 0.753. The molecule has 2 heteroatoms. The second-order valence-electron chi connectivity index (χ2n) is 3.52. The highest BCUT2D eigenvalue weighted by Crippen LogP contribution is 2.22. The lowest BCUT2D eigenvalue weighted by Gasteiger charge is -2.05. The number of benzene rings is 2. The van der Waals surface area contributed by atoms with Gasteiger partial charge in [0.15, 0.2) is 0 Å². The third-order valence-corrected chi connectivity index (χ3v) is 2.55. The van der Waals surface area contributed by atoms with Gasteiger partial charge in [-0.3, -0.25) is 0 Å². The SMILES string of the molecule is N=Cc1ccc(/C=C/CO)c2ccccc12. The second-order valence-corrected chi connectivity index (χ2v) is 3.52. The molecular weight excluding hydrogens is 198 g/mol. The smallest absolute Gasteiger partial charge is 0.0615 e. The number of rotatable bonds is 3. The van der Waals surface area contributed by atoms with E-state index in [1.807, 2.05) is 42.5 Å². The monoisotopic (exact) mass is 211 g/mol. The van der Waals surface area contributed by atoms with E-state index in [-0.39, 0.29) is 6.61 Å². The number of nitrogens with one attached hydrogen (secondary N) is 1. The molecule has 2 rings (SSSR count). The summed E-state index contributed by atoms with van der Waals surface area (Å²) in [6.45, 7) is 0.0423. The first kappa shape index (κ1) is 10.6. The molecule has 0 atom stereocenters. The van der Waals surface area contributed by atoms with Crippen LogP contribution in [0.2, 0.25) is 0 Å². The molecule has 0 aliphatic carbocycles. The average molecular weight is 211 g/mol. The van der Waals surface area contributed by atoms with Crippen LogP contribution in [0, 0.1) is 5.41 Å². The maximum Gasteiger partial charge on any atom is 0.0615 e. The molecule has 0 radical (unpaired) electrons. The minimum absolute atomic E-state index is 0.0423. The highest BCUT2D eigenvalue weighted by molar-refractivity contribution is 6.02. The zero-order chi connectivity index (χ0) is 11.4. The van der Waals surface area contributed by atoms with Crippen LogP contribution in [-0.4, -0.2) is 17.9 Å². The lowest BCUT2D eigenvalue weighted by atomic mass is 10.00. The van der Waals surface area contributed by atoms with Crippen LogP contribution in [0.3, 0.4) is 0 Å². The highest BCUT2D eigenvalue weighted by atomic mass is 16.2. The highest BCUT2D eigenvalue weighted by Gasteiger charge is 2.01. The van der Waals surface area contributed by atoms with Crippen LogP contribution in [0.15, 0.2) is 42.5 Å². The zero-order valence-corrected chi connectivity index (χ0v) is 8.85. The van der Waals surface area contributed by atoms with Crippen LogP contribution >= 0.6 is 0 Å². The molecule has 0 unspecified atom stereocenters. The standard InChI is InChI=1S/C14H13NO/c15-10-12-8-7-11(4-3-9-16)13-5-1-2-6-14(12)13/h1-8,10,15-16H,9H2/b4-3+,15-10?. The predicted octanol–water partition coefficient (Wildman–Crippen LogP) is 2.84. The molecule has 0 spiro atoms. The van der Waals surface area contributed by atoms with Crippen LogP contribution < -0.4 is 0 Å². The second kappa shape index (κ2) is 4.73. The van der Waals surface area contributed by atoms with Crippen LogP contribution in [0.1, 0.15) is 11.1 Å². The fourth-order valence-corrected chi connectivity index (χ4v) is 1.80. The van der Waals surface area contributed by atoms with Crippen molar-refractivity contribution in [2.24, 2.45) is 0 Å². The van der Waals surface area contributed by atoms with Gasteiger partial charge in [-0.05, 0) is 21.9 Å². The maximum atomic E-state index is 8.78. The summed E-state index contributed by atoms with van der Waals surface area (Å²) in [5, 5.41) is 18.3. The fourth-order valence-electron chi connectivity index (χ4n) is 1.80. The van der Waals surface area contributed by atoms with Crippen LogP contribution in [0.5, 0.6) is 0 Å². The van der Waals surface area contributed by atoms with Crippen LogP contribution in [0.4, 0.5) is 0 Å². The number of hydrogen-bond donors (Lipinski definition) is 2. The molecule has 0 fully saturated rings. The molecule has 2 N–H and O–H groups in total. The van der Waals surface area contributed by atoms with E-state index in [4.69, 9.17) is 10.5 Å². The molecule has 0 aromatic heterocycles. The normalized spacial score (nSPS) is 11.1. The molecule has 0 saturated carbocycles. The summed E-state index contributed by atoms with van der Waals surface area (Å²) in [6.07, 6.45) is 4.98. The number of aliphatic hydroxyl groups is 1. The summed E-state index contributed by atoms with van der Waals surface area (Å²) in [4.78, 5) is 0. The molecule has 0 aliphatic heterocycles. The Morgan fingerprint density at radius 2 is 1.62 bits per heavy atom. The van der Waals surface area contributed by atoms with Gasteiger partial charge in [0.05, 0.1) is 6.61 Å². The van der Waals surface area contributed by atoms with Gasteiger partial charge >= 0.3 is 0 Å². The van der Waals surface area contributed by atoms with E-state index in [2.05, 4.69) is 0 Å². The van der Waals surface area contributed by atoms with Crippen LogP contribution in [-0.2, 0) is 0 Å². The Labute approximate surface area is 94.4 Å². The van der Waals surface area contributed by atoms with Gasteiger partial charge in [0, 0.05) is 6.21 Å². The average Bonchev–Trinajstić information content (AvgIpc) is 2.36.